The fourth-order valence-corrected chi connectivity index (χ4v) is 4.85. The summed E-state index contributed by atoms with van der Waals surface area (Å²) in [6.07, 6.45) is 7.32. The summed E-state index contributed by atoms with van der Waals surface area (Å²) in [5.74, 6) is -1.99. The van der Waals surface area contributed by atoms with E-state index in [1.807, 2.05) is 38.1 Å². The molecule has 0 bridgehead atoms. The summed E-state index contributed by atoms with van der Waals surface area (Å²) >= 11 is 6.94. The van der Waals surface area contributed by atoms with Crippen LogP contribution in [0, 0.1) is 5.92 Å². The number of nitrogens with two attached hydrogens (primary N) is 2. The molecule has 0 radical (unpaired) electrons. The van der Waals surface area contributed by atoms with Crippen molar-refractivity contribution in [3.8, 4) is 5.75 Å². The lowest BCUT2D eigenvalue weighted by atomic mass is 9.90. The van der Waals surface area contributed by atoms with E-state index in [4.69, 9.17) is 27.2 Å². The molecular weight excluding hydrogens is 528 g/mol. The second-order valence-electron chi connectivity index (χ2n) is 9.51. The SMILES string of the molecule is CC.NC1CCN(C(=O)CC(F)(F)c2ccc(Cl)cc2)CC1.NSc1ccc(OCC2CCCCC2)cc1. The summed E-state index contributed by atoms with van der Waals surface area (Å²) in [5, 5.41) is 5.86. The molecule has 2 fully saturated rings. The van der Waals surface area contributed by atoms with E-state index in [-0.39, 0.29) is 11.6 Å². The number of rotatable bonds is 7. The first-order chi connectivity index (χ1) is 18.3. The van der Waals surface area contributed by atoms with Gasteiger partial charge in [0.05, 0.1) is 13.0 Å². The Morgan fingerprint density at radius 2 is 1.58 bits per heavy atom. The minimum atomic E-state index is -3.18. The van der Waals surface area contributed by atoms with Crippen molar-refractivity contribution in [1.82, 2.24) is 4.90 Å². The number of amides is 1. The van der Waals surface area contributed by atoms with Gasteiger partial charge in [-0.2, -0.15) is 0 Å². The molecule has 2 aliphatic rings. The highest BCUT2D eigenvalue weighted by Gasteiger charge is 2.36. The molecule has 4 N–H and O–H groups in total. The van der Waals surface area contributed by atoms with Crippen molar-refractivity contribution in [3.05, 3.63) is 59.1 Å². The predicted molar refractivity (Wildman–Crippen MR) is 154 cm³/mol. The number of halogens is 3. The number of likely N-dealkylation sites (tertiary alicyclic amines) is 1. The van der Waals surface area contributed by atoms with Gasteiger partial charge in [-0.05, 0) is 79.9 Å². The Morgan fingerprint density at radius 3 is 2.13 bits per heavy atom. The Hall–Kier alpha value is -1.87. The first-order valence-electron chi connectivity index (χ1n) is 13.5. The number of benzene rings is 2. The maximum absolute atomic E-state index is 14.1. The molecule has 4 rings (SSSR count). The van der Waals surface area contributed by atoms with E-state index in [0.717, 1.165) is 23.2 Å². The fourth-order valence-electron chi connectivity index (χ4n) is 4.43. The summed E-state index contributed by atoms with van der Waals surface area (Å²) in [4.78, 5) is 14.5. The quantitative estimate of drug-likeness (QED) is 0.339. The minimum absolute atomic E-state index is 0.0656. The second-order valence-corrected chi connectivity index (χ2v) is 10.7. The molecule has 2 aromatic carbocycles. The van der Waals surface area contributed by atoms with Crippen LogP contribution in [0.1, 0.15) is 70.8 Å². The van der Waals surface area contributed by atoms with E-state index in [9.17, 15) is 13.6 Å². The van der Waals surface area contributed by atoms with E-state index in [1.165, 1.54) is 73.2 Å². The Morgan fingerprint density at radius 1 is 1.00 bits per heavy atom. The first kappa shape index (κ1) is 32.3. The molecule has 1 aliphatic heterocycles. The molecule has 38 heavy (non-hydrogen) atoms. The van der Waals surface area contributed by atoms with Crippen molar-refractivity contribution in [1.29, 1.82) is 0 Å². The smallest absolute Gasteiger partial charge is 0.281 e. The van der Waals surface area contributed by atoms with E-state index in [2.05, 4.69) is 0 Å². The van der Waals surface area contributed by atoms with Crippen LogP contribution in [-0.2, 0) is 10.7 Å². The highest BCUT2D eigenvalue weighted by atomic mass is 35.5. The molecule has 1 heterocycles. The average molecular weight is 570 g/mol. The lowest BCUT2D eigenvalue weighted by molar-refractivity contribution is -0.140. The Bertz CT molecular complexity index is 934. The average Bonchev–Trinajstić information content (AvgIpc) is 2.94. The number of carbonyl (C=O) groups excluding carboxylic acids is 1. The Balaban J connectivity index is 0.000000256. The Kier molecular flexibility index (Phi) is 14.4. The van der Waals surface area contributed by atoms with Crippen LogP contribution in [0.5, 0.6) is 5.75 Å². The maximum atomic E-state index is 14.1. The van der Waals surface area contributed by atoms with Crippen molar-refractivity contribution in [2.24, 2.45) is 16.8 Å². The van der Waals surface area contributed by atoms with Gasteiger partial charge in [-0.3, -0.25) is 9.93 Å². The van der Waals surface area contributed by atoms with Gasteiger partial charge in [0.15, 0.2) is 0 Å². The molecule has 212 valence electrons. The number of hydrogen-bond acceptors (Lipinski definition) is 5. The van der Waals surface area contributed by atoms with Gasteiger partial charge in [0, 0.05) is 34.6 Å². The summed E-state index contributed by atoms with van der Waals surface area (Å²) < 4.78 is 33.9. The largest absolute Gasteiger partial charge is 0.493 e. The van der Waals surface area contributed by atoms with E-state index in [1.54, 1.807) is 0 Å². The van der Waals surface area contributed by atoms with Crippen molar-refractivity contribution in [2.75, 3.05) is 19.7 Å². The van der Waals surface area contributed by atoms with Crippen LogP contribution >= 0.6 is 23.5 Å². The monoisotopic (exact) mass is 569 g/mol. The normalized spacial score (nSPS) is 16.6. The van der Waals surface area contributed by atoms with Gasteiger partial charge < -0.3 is 15.4 Å². The van der Waals surface area contributed by atoms with Crippen LogP contribution in [0.15, 0.2) is 53.4 Å². The van der Waals surface area contributed by atoms with E-state index < -0.39 is 18.3 Å². The third-order valence-electron chi connectivity index (χ3n) is 6.70. The molecule has 0 spiro atoms. The topological polar surface area (TPSA) is 81.6 Å². The number of nitrogens with zero attached hydrogens (tertiary/aromatic N) is 1. The molecule has 0 aromatic heterocycles. The molecule has 9 heteroatoms. The van der Waals surface area contributed by atoms with Crippen molar-refractivity contribution < 1.29 is 18.3 Å². The molecular formula is C29H42ClF2N3O2S. The predicted octanol–water partition coefficient (Wildman–Crippen LogP) is 7.41. The zero-order valence-electron chi connectivity index (χ0n) is 22.5. The lowest BCUT2D eigenvalue weighted by Crippen LogP contribution is -2.44. The molecule has 0 unspecified atom stereocenters. The van der Waals surface area contributed by atoms with E-state index in [0.29, 0.717) is 31.0 Å². The summed E-state index contributed by atoms with van der Waals surface area (Å²) in [6, 6.07) is 13.4. The van der Waals surface area contributed by atoms with Crippen LogP contribution in [0.4, 0.5) is 8.78 Å². The van der Waals surface area contributed by atoms with Crippen LogP contribution < -0.4 is 15.6 Å². The van der Waals surface area contributed by atoms with Crippen LogP contribution in [0.25, 0.3) is 0 Å². The summed E-state index contributed by atoms with van der Waals surface area (Å²) in [5.41, 5.74) is 5.54. The third kappa shape index (κ3) is 11.1. The van der Waals surface area contributed by atoms with Gasteiger partial charge in [-0.25, -0.2) is 8.78 Å². The van der Waals surface area contributed by atoms with Crippen LogP contribution in [0.3, 0.4) is 0 Å². The highest BCUT2D eigenvalue weighted by molar-refractivity contribution is 7.97. The van der Waals surface area contributed by atoms with Gasteiger partial charge in [0.25, 0.3) is 5.92 Å². The van der Waals surface area contributed by atoms with Gasteiger partial charge in [-0.15, -0.1) is 0 Å². The minimum Gasteiger partial charge on any atom is -0.493 e. The van der Waals surface area contributed by atoms with E-state index >= 15 is 0 Å². The van der Waals surface area contributed by atoms with Gasteiger partial charge >= 0.3 is 0 Å². The molecule has 1 aliphatic carbocycles. The van der Waals surface area contributed by atoms with Crippen LogP contribution in [-0.4, -0.2) is 36.5 Å². The number of alkyl halides is 2. The highest BCUT2D eigenvalue weighted by Crippen LogP contribution is 2.33. The van der Waals surface area contributed by atoms with Crippen LogP contribution in [0.2, 0.25) is 5.02 Å². The maximum Gasteiger partial charge on any atom is 0.281 e. The van der Waals surface area contributed by atoms with Crippen molar-refractivity contribution in [3.63, 3.8) is 0 Å². The number of carbonyl (C=O) groups is 1. The first-order valence-corrected chi connectivity index (χ1v) is 14.8. The molecule has 1 saturated heterocycles. The fraction of sp³-hybridized carbons (Fsp3) is 0.552. The lowest BCUT2D eigenvalue weighted by Gasteiger charge is -2.31. The second kappa shape index (κ2) is 17.0. The van der Waals surface area contributed by atoms with Crippen molar-refractivity contribution in [2.45, 2.75) is 82.1 Å². The summed E-state index contributed by atoms with van der Waals surface area (Å²) in [6.45, 7) is 5.78. The van der Waals surface area contributed by atoms with Crippen molar-refractivity contribution >= 4 is 29.5 Å². The molecule has 1 saturated carbocycles. The Labute approximate surface area is 235 Å². The summed E-state index contributed by atoms with van der Waals surface area (Å²) in [7, 11) is 0. The number of hydrogen-bond donors (Lipinski definition) is 2. The molecule has 0 atom stereocenters. The van der Waals surface area contributed by atoms with Gasteiger partial charge in [0.2, 0.25) is 5.91 Å². The van der Waals surface area contributed by atoms with Gasteiger partial charge in [-0.1, -0.05) is 56.8 Å². The molecule has 2 aromatic rings. The number of piperidine rings is 1. The zero-order valence-corrected chi connectivity index (χ0v) is 24.1. The molecule has 1 amide bonds. The standard InChI is InChI=1S/C14H17ClF2N2O.C13H19NOS.C2H6/c15-11-3-1-10(2-4-11)14(16,17)9-13(20)19-7-5-12(18)6-8-19;14-16-13-8-6-12(7-9-13)15-10-11-4-2-1-3-5-11;1-2/h1-4,12H,5-9,18H2;6-9,11H,1-5,10,14H2;1-2H3. The van der Waals surface area contributed by atoms with Gasteiger partial charge in [0.1, 0.15) is 5.75 Å². The third-order valence-corrected chi connectivity index (χ3v) is 7.50. The number of ether oxygens (including phenoxy) is 1. The zero-order chi connectivity index (χ0) is 28.0. The molecule has 5 nitrogen and oxygen atoms in total.